The Hall–Kier alpha value is -9.84. The fourth-order valence-electron chi connectivity index (χ4n) is 11.3. The summed E-state index contributed by atoms with van der Waals surface area (Å²) in [6, 6.07) is 25.2. The summed E-state index contributed by atoms with van der Waals surface area (Å²) in [5.41, 5.74) is 17.1. The number of alkyl carbamates (subject to hydrolysis) is 1. The lowest BCUT2D eigenvalue weighted by atomic mass is 9.98. The number of nitrogens with two attached hydrogens (primary N) is 2. The highest BCUT2D eigenvalue weighted by molar-refractivity contribution is 5.99. The number of aromatic hydroxyl groups is 2. The van der Waals surface area contributed by atoms with Crippen LogP contribution in [0.1, 0.15) is 107 Å². The fourth-order valence-corrected chi connectivity index (χ4v) is 11.3. The Morgan fingerprint density at radius 1 is 0.511 bits per heavy atom. The molecule has 10 amide bonds. The lowest BCUT2D eigenvalue weighted by Gasteiger charge is -2.31. The number of benzene rings is 5. The smallest absolute Gasteiger partial charge is 0.407 e. The molecule has 0 unspecified atom stereocenters. The molecule has 1 heterocycles. The SMILES string of the molecule is CC(C)C[C@H](NC(=O)[C@H](C)NC(=O)[C@@H]1CCCN1C(=O)[C@H](Cc1ccc(O)cc1)NC(=O)[C@H](CCCCN)NC(=O)[C@H](C)NC(=O)[C@H](Cc1ccc(O)cc1)NC(=O)[C@H](Cc1ccccc1)NC(=O)[C@H](C)NC(=O)OCC1c2ccccc2-c2ccccc21)C(N)=O. The predicted octanol–water partition coefficient (Wildman–Crippen LogP) is 3.14. The number of rotatable bonds is 31. The Bertz CT molecular complexity index is 3360. The van der Waals surface area contributed by atoms with Crippen molar-refractivity contribution in [2.75, 3.05) is 19.7 Å². The Kier molecular flexibility index (Phi) is 25.2. The maximum absolute atomic E-state index is 14.7. The van der Waals surface area contributed by atoms with E-state index in [4.69, 9.17) is 16.2 Å². The van der Waals surface area contributed by atoms with E-state index < -0.39 is 114 Å². The number of nitrogens with zero attached hydrogens (tertiary/aromatic N) is 1. The normalized spacial score (nSPS) is 15.9. The van der Waals surface area contributed by atoms with Gasteiger partial charge in [0.15, 0.2) is 0 Å². The van der Waals surface area contributed by atoms with Gasteiger partial charge in [-0.1, -0.05) is 117 Å². The Labute approximate surface area is 535 Å². The van der Waals surface area contributed by atoms with Gasteiger partial charge in [-0.3, -0.25) is 43.2 Å². The van der Waals surface area contributed by atoms with E-state index in [9.17, 15) is 58.2 Å². The highest BCUT2D eigenvalue weighted by Crippen LogP contribution is 2.44. The van der Waals surface area contributed by atoms with Crippen LogP contribution in [0.15, 0.2) is 127 Å². The molecule has 92 heavy (non-hydrogen) atoms. The molecule has 1 saturated heterocycles. The van der Waals surface area contributed by atoms with Crippen molar-refractivity contribution in [2.45, 2.75) is 153 Å². The molecule has 0 radical (unpaired) electrons. The molecule has 24 nitrogen and oxygen atoms in total. The molecule has 1 aliphatic heterocycles. The number of carbonyl (C=O) groups is 10. The number of unbranched alkanes of at least 4 members (excludes halogenated alkanes) is 1. The molecule has 0 bridgehead atoms. The van der Waals surface area contributed by atoms with Gasteiger partial charge in [-0.05, 0) is 135 Å². The van der Waals surface area contributed by atoms with Crippen molar-refractivity contribution in [3.63, 3.8) is 0 Å². The van der Waals surface area contributed by atoms with Crippen LogP contribution in [0.3, 0.4) is 0 Å². The van der Waals surface area contributed by atoms with Gasteiger partial charge in [0.05, 0.1) is 0 Å². The monoisotopic (exact) mass is 1260 g/mol. The van der Waals surface area contributed by atoms with Gasteiger partial charge in [0.1, 0.15) is 72.5 Å². The van der Waals surface area contributed by atoms with E-state index in [1.807, 2.05) is 62.4 Å². The van der Waals surface area contributed by atoms with Crippen molar-refractivity contribution in [3.05, 3.63) is 155 Å². The maximum atomic E-state index is 14.7. The summed E-state index contributed by atoms with van der Waals surface area (Å²) in [7, 11) is 0. The third-order valence-corrected chi connectivity index (χ3v) is 16.3. The van der Waals surface area contributed by atoms with Gasteiger partial charge >= 0.3 is 6.09 Å². The quantitative estimate of drug-likeness (QED) is 0.0284. The number of phenolic OH excluding ortho intramolecular Hbond substituents is 2. The zero-order valence-electron chi connectivity index (χ0n) is 52.4. The number of ether oxygens (including phenoxy) is 1. The second-order valence-electron chi connectivity index (χ2n) is 23.9. The fraction of sp³-hybridized carbons (Fsp3) is 0.412. The van der Waals surface area contributed by atoms with E-state index in [0.717, 1.165) is 22.3 Å². The van der Waals surface area contributed by atoms with E-state index in [0.29, 0.717) is 36.0 Å². The maximum Gasteiger partial charge on any atom is 0.407 e. The van der Waals surface area contributed by atoms with E-state index in [-0.39, 0.29) is 81.6 Å². The van der Waals surface area contributed by atoms with Crippen LogP contribution in [0.2, 0.25) is 0 Å². The molecular formula is C68H85N11O13. The van der Waals surface area contributed by atoms with Gasteiger partial charge in [-0.15, -0.1) is 0 Å². The van der Waals surface area contributed by atoms with Crippen LogP contribution >= 0.6 is 0 Å². The number of phenols is 2. The molecule has 24 heteroatoms. The van der Waals surface area contributed by atoms with E-state index in [1.165, 1.54) is 49.9 Å². The number of likely N-dealkylation sites (tertiary alicyclic amines) is 1. The Morgan fingerprint density at radius 2 is 0.957 bits per heavy atom. The summed E-state index contributed by atoms with van der Waals surface area (Å²) in [6.45, 7) is 8.31. The number of primary amides is 1. The highest BCUT2D eigenvalue weighted by Gasteiger charge is 2.40. The van der Waals surface area contributed by atoms with Crippen LogP contribution in [-0.2, 0) is 67.2 Å². The number of carbonyl (C=O) groups excluding carboxylic acids is 10. The van der Waals surface area contributed by atoms with Crippen LogP contribution < -0.4 is 54.0 Å². The van der Waals surface area contributed by atoms with E-state index in [1.54, 1.807) is 54.6 Å². The topological polar surface area (TPSA) is 372 Å². The molecule has 5 aromatic carbocycles. The number of nitrogens with one attached hydrogen (secondary N) is 8. The van der Waals surface area contributed by atoms with Crippen molar-refractivity contribution < 1.29 is 62.9 Å². The van der Waals surface area contributed by atoms with E-state index >= 15 is 0 Å². The molecule has 0 saturated carbocycles. The number of fused-ring (bicyclic) bond motifs is 3. The standard InChI is InChI=1S/C68H85N11O13/c1-39(2)34-54(59(70)82)75-61(84)41(4)72-66(89)58-23-15-33-79(58)67(90)57(37-45-26-30-47(81)31-27-45)78-63(86)53(22-13-14-32-69)74-60(83)40(3)71-64(87)55(36-44-24-28-46(80)29-25-44)77-65(88)56(35-43-16-7-6-8-17-43)76-62(85)42(5)73-68(91)92-38-52-50-20-11-9-18-48(50)49-19-10-12-21-51(49)52/h6-12,16-21,24-31,39-42,52-58,80-81H,13-15,22-23,32-38,69H2,1-5H3,(H2,70,82)(H,71,87)(H,72,89)(H,73,91)(H,74,83)(H,75,84)(H,76,85)(H,77,88)(H,78,86)/t40-,41-,42-,53-,54-,55-,56-,57-,58-/m0/s1. The van der Waals surface area contributed by atoms with Gasteiger partial charge < -0.3 is 73.9 Å². The Morgan fingerprint density at radius 3 is 1.50 bits per heavy atom. The van der Waals surface area contributed by atoms with Crippen molar-refractivity contribution in [1.82, 2.24) is 47.4 Å². The predicted molar refractivity (Wildman–Crippen MR) is 343 cm³/mol. The summed E-state index contributed by atoms with van der Waals surface area (Å²) in [6.07, 6.45) is 0.531. The first kappa shape index (κ1) is 69.6. The third kappa shape index (κ3) is 19.6. The summed E-state index contributed by atoms with van der Waals surface area (Å²) in [4.78, 5) is 140. The molecule has 5 aromatic rings. The van der Waals surface area contributed by atoms with Gasteiger partial charge in [0.25, 0.3) is 0 Å². The number of amides is 10. The molecule has 0 aromatic heterocycles. The average molecular weight is 1260 g/mol. The molecule has 490 valence electrons. The number of hydrogen-bond donors (Lipinski definition) is 12. The summed E-state index contributed by atoms with van der Waals surface area (Å²) >= 11 is 0. The van der Waals surface area contributed by atoms with Crippen molar-refractivity contribution in [1.29, 1.82) is 0 Å². The third-order valence-electron chi connectivity index (χ3n) is 16.3. The van der Waals surface area contributed by atoms with Crippen molar-refractivity contribution in [3.8, 4) is 22.6 Å². The second-order valence-corrected chi connectivity index (χ2v) is 23.9. The first-order valence-corrected chi connectivity index (χ1v) is 31.1. The van der Waals surface area contributed by atoms with Crippen LogP contribution in [0, 0.1) is 5.92 Å². The molecule has 9 atom stereocenters. The minimum Gasteiger partial charge on any atom is -0.508 e. The molecule has 0 spiro atoms. The summed E-state index contributed by atoms with van der Waals surface area (Å²) in [5, 5.41) is 41.6. The van der Waals surface area contributed by atoms with Crippen LogP contribution in [0.4, 0.5) is 4.79 Å². The van der Waals surface area contributed by atoms with Crippen molar-refractivity contribution in [2.24, 2.45) is 17.4 Å². The molecule has 1 aliphatic carbocycles. The van der Waals surface area contributed by atoms with Crippen LogP contribution in [0.5, 0.6) is 11.5 Å². The Balaban J connectivity index is 1.03. The zero-order chi connectivity index (χ0) is 66.6. The molecule has 1 fully saturated rings. The summed E-state index contributed by atoms with van der Waals surface area (Å²) < 4.78 is 5.69. The van der Waals surface area contributed by atoms with Gasteiger partial charge in [-0.2, -0.15) is 0 Å². The van der Waals surface area contributed by atoms with Crippen LogP contribution in [-0.4, -0.2) is 148 Å². The minimum absolute atomic E-state index is 0.00735. The summed E-state index contributed by atoms with van der Waals surface area (Å²) in [5.74, 6) is -7.00. The lowest BCUT2D eigenvalue weighted by Crippen LogP contribution is -2.60. The van der Waals surface area contributed by atoms with Gasteiger partial charge in [-0.25, -0.2) is 4.79 Å². The zero-order valence-corrected chi connectivity index (χ0v) is 52.4. The number of hydrogen-bond acceptors (Lipinski definition) is 14. The van der Waals surface area contributed by atoms with Gasteiger partial charge in [0.2, 0.25) is 53.2 Å². The second kappa shape index (κ2) is 33.3. The van der Waals surface area contributed by atoms with Gasteiger partial charge in [0, 0.05) is 31.7 Å². The largest absolute Gasteiger partial charge is 0.508 e. The van der Waals surface area contributed by atoms with Crippen molar-refractivity contribution >= 4 is 59.3 Å². The first-order valence-electron chi connectivity index (χ1n) is 31.1. The average Bonchev–Trinajstić information content (AvgIpc) is 1.62. The van der Waals surface area contributed by atoms with E-state index in [2.05, 4.69) is 42.5 Å². The van der Waals surface area contributed by atoms with Crippen LogP contribution in [0.25, 0.3) is 11.1 Å². The highest BCUT2D eigenvalue weighted by atomic mass is 16.5. The molecule has 14 N–H and O–H groups in total. The lowest BCUT2D eigenvalue weighted by molar-refractivity contribution is -0.142. The molecule has 7 rings (SSSR count). The minimum atomic E-state index is -1.41. The first-order chi connectivity index (χ1) is 44.0. The molecule has 2 aliphatic rings. The molecular weight excluding hydrogens is 1180 g/mol.